The number of carbonyl (C=O) groups is 2. The van der Waals surface area contributed by atoms with Crippen LogP contribution in [0.5, 0.6) is 0 Å². The number of hydrogen-bond acceptors (Lipinski definition) is 2. The first-order valence-electron chi connectivity index (χ1n) is 5.81. The number of nitrogens with zero attached hydrogens (tertiary/aromatic N) is 1. The molecule has 4 nitrogen and oxygen atoms in total. The summed E-state index contributed by atoms with van der Waals surface area (Å²) in [7, 11) is 0. The van der Waals surface area contributed by atoms with Gasteiger partial charge in [0.05, 0.1) is 0 Å². The zero-order valence-corrected chi connectivity index (χ0v) is 8.95. The fraction of sp³-hybridized carbons (Fsp3) is 0.818. The van der Waals surface area contributed by atoms with E-state index in [2.05, 4.69) is 12.2 Å². The molecule has 3 rings (SSSR count). The normalized spacial score (nSPS) is 43.9. The summed E-state index contributed by atoms with van der Waals surface area (Å²) >= 11 is 0. The fourth-order valence-electron chi connectivity index (χ4n) is 3.82. The summed E-state index contributed by atoms with van der Waals surface area (Å²) < 4.78 is 0. The van der Waals surface area contributed by atoms with Crippen molar-refractivity contribution < 1.29 is 9.59 Å². The van der Waals surface area contributed by atoms with Crippen molar-refractivity contribution in [3.8, 4) is 0 Å². The molecule has 3 amide bonds. The summed E-state index contributed by atoms with van der Waals surface area (Å²) in [6.07, 6.45) is 5.23. The zero-order valence-electron chi connectivity index (χ0n) is 8.95. The quantitative estimate of drug-likeness (QED) is 0.609. The van der Waals surface area contributed by atoms with Crippen molar-refractivity contribution in [3.05, 3.63) is 0 Å². The maximum atomic E-state index is 12.0. The number of hydrogen-bond donors (Lipinski definition) is 1. The molecule has 0 aromatic rings. The minimum absolute atomic E-state index is 0.0402. The molecule has 4 heteroatoms. The molecule has 82 valence electrons. The van der Waals surface area contributed by atoms with Gasteiger partial charge in [-0.15, -0.1) is 0 Å². The minimum atomic E-state index is -0.464. The third-order valence-electron chi connectivity index (χ3n) is 4.36. The minimum Gasteiger partial charge on any atom is -0.307 e. The third kappa shape index (κ3) is 0.924. The highest BCUT2D eigenvalue weighted by Crippen LogP contribution is 2.50. The highest BCUT2D eigenvalue weighted by atomic mass is 16.2. The van der Waals surface area contributed by atoms with Gasteiger partial charge in [0, 0.05) is 6.04 Å². The van der Waals surface area contributed by atoms with Crippen LogP contribution in [0.25, 0.3) is 0 Å². The van der Waals surface area contributed by atoms with E-state index in [9.17, 15) is 9.59 Å². The first-order valence-corrected chi connectivity index (χ1v) is 5.81. The van der Waals surface area contributed by atoms with Gasteiger partial charge in [-0.25, -0.2) is 4.79 Å². The molecule has 3 atom stereocenters. The first kappa shape index (κ1) is 9.19. The number of urea groups is 1. The lowest BCUT2D eigenvalue weighted by molar-refractivity contribution is -0.129. The van der Waals surface area contributed by atoms with Crippen molar-refractivity contribution in [1.82, 2.24) is 10.2 Å². The van der Waals surface area contributed by atoms with E-state index in [1.54, 1.807) is 0 Å². The molecule has 15 heavy (non-hydrogen) atoms. The predicted octanol–water partition coefficient (Wildman–Crippen LogP) is 1.26. The van der Waals surface area contributed by atoms with Gasteiger partial charge in [0.1, 0.15) is 5.54 Å². The van der Waals surface area contributed by atoms with E-state index in [-0.39, 0.29) is 18.0 Å². The first-order chi connectivity index (χ1) is 7.16. The summed E-state index contributed by atoms with van der Waals surface area (Å²) in [6.45, 7) is 2.05. The molecule has 3 aliphatic rings. The molecule has 0 aromatic carbocycles. The molecular formula is C11H16N2O2. The van der Waals surface area contributed by atoms with E-state index >= 15 is 0 Å². The van der Waals surface area contributed by atoms with Gasteiger partial charge in [-0.1, -0.05) is 12.8 Å². The van der Waals surface area contributed by atoms with Crippen LogP contribution in [0.2, 0.25) is 0 Å². The average Bonchev–Trinajstić information content (AvgIpc) is 2.61. The van der Waals surface area contributed by atoms with Crippen LogP contribution in [0.4, 0.5) is 4.79 Å². The molecular weight excluding hydrogens is 192 g/mol. The number of nitrogens with one attached hydrogen (secondary N) is 1. The molecule has 0 unspecified atom stereocenters. The second-order valence-electron chi connectivity index (χ2n) is 5.08. The zero-order chi connectivity index (χ0) is 10.6. The van der Waals surface area contributed by atoms with Gasteiger partial charge < -0.3 is 4.90 Å². The van der Waals surface area contributed by atoms with E-state index in [0.717, 1.165) is 25.7 Å². The summed E-state index contributed by atoms with van der Waals surface area (Å²) in [5.74, 6) is 0.356. The van der Waals surface area contributed by atoms with Crippen LogP contribution in [-0.4, -0.2) is 28.4 Å². The van der Waals surface area contributed by atoms with Crippen LogP contribution >= 0.6 is 0 Å². The Morgan fingerprint density at radius 3 is 3.00 bits per heavy atom. The predicted molar refractivity (Wildman–Crippen MR) is 54.1 cm³/mol. The lowest BCUT2D eigenvalue weighted by Crippen LogP contribution is -2.52. The Labute approximate surface area is 89.0 Å². The van der Waals surface area contributed by atoms with Gasteiger partial charge in [-0.3, -0.25) is 10.1 Å². The largest absolute Gasteiger partial charge is 0.325 e. The average molecular weight is 208 g/mol. The highest BCUT2D eigenvalue weighted by Gasteiger charge is 2.63. The van der Waals surface area contributed by atoms with Crippen LogP contribution < -0.4 is 5.32 Å². The molecule has 3 fully saturated rings. The van der Waals surface area contributed by atoms with Crippen LogP contribution in [0.15, 0.2) is 0 Å². The molecule has 2 saturated heterocycles. The molecule has 2 aliphatic heterocycles. The lowest BCUT2D eigenvalue weighted by atomic mass is 9.73. The van der Waals surface area contributed by atoms with Crippen molar-refractivity contribution >= 4 is 11.9 Å². The van der Waals surface area contributed by atoms with E-state index in [1.165, 1.54) is 6.42 Å². The van der Waals surface area contributed by atoms with Crippen molar-refractivity contribution in [2.75, 3.05) is 0 Å². The van der Waals surface area contributed by atoms with Gasteiger partial charge in [-0.05, 0) is 32.1 Å². The number of rotatable bonds is 0. The van der Waals surface area contributed by atoms with Gasteiger partial charge in [-0.2, -0.15) is 0 Å². The van der Waals surface area contributed by atoms with Gasteiger partial charge in [0.25, 0.3) is 5.91 Å². The molecule has 0 radical (unpaired) electrons. The lowest BCUT2D eigenvalue weighted by Gasteiger charge is -2.37. The second-order valence-corrected chi connectivity index (χ2v) is 5.08. The van der Waals surface area contributed by atoms with Crippen LogP contribution in [-0.2, 0) is 4.79 Å². The molecule has 1 aliphatic carbocycles. The Balaban J connectivity index is 2.08. The Hall–Kier alpha value is -1.06. The molecule has 2 heterocycles. The van der Waals surface area contributed by atoms with Crippen molar-refractivity contribution in [2.24, 2.45) is 5.92 Å². The standard InChI is InChI=1S/C11H16N2O2/c1-7-6-8-4-2-3-5-11(8)9(14)12-10(15)13(7)11/h7-8H,2-6H2,1H3,(H,12,14,15)/t7-,8-,11-/m1/s1. The van der Waals surface area contributed by atoms with Crippen LogP contribution in [0.1, 0.15) is 39.0 Å². The van der Waals surface area contributed by atoms with Gasteiger partial charge in [0.15, 0.2) is 0 Å². The van der Waals surface area contributed by atoms with Crippen molar-refractivity contribution in [1.29, 1.82) is 0 Å². The Bertz CT molecular complexity index is 341. The molecule has 0 aromatic heterocycles. The number of amides is 3. The summed E-state index contributed by atoms with van der Waals surface area (Å²) in [6, 6.07) is 0.0523. The Morgan fingerprint density at radius 2 is 2.20 bits per heavy atom. The van der Waals surface area contributed by atoms with E-state index in [0.29, 0.717) is 5.92 Å². The van der Waals surface area contributed by atoms with Gasteiger partial charge >= 0.3 is 6.03 Å². The Kier molecular flexibility index (Phi) is 1.68. The van der Waals surface area contributed by atoms with E-state index < -0.39 is 5.54 Å². The number of carbonyl (C=O) groups excluding carboxylic acids is 2. The third-order valence-corrected chi connectivity index (χ3v) is 4.36. The van der Waals surface area contributed by atoms with Gasteiger partial charge in [0.2, 0.25) is 0 Å². The van der Waals surface area contributed by atoms with Crippen molar-refractivity contribution in [3.63, 3.8) is 0 Å². The Morgan fingerprint density at radius 1 is 1.40 bits per heavy atom. The summed E-state index contributed by atoms with van der Waals surface area (Å²) in [5.41, 5.74) is -0.464. The monoisotopic (exact) mass is 208 g/mol. The molecule has 1 saturated carbocycles. The fourth-order valence-corrected chi connectivity index (χ4v) is 3.82. The SMILES string of the molecule is C[C@@H]1C[C@H]2CCCC[C@]23C(=O)NC(=O)N13. The van der Waals surface area contributed by atoms with Crippen LogP contribution in [0, 0.1) is 5.92 Å². The summed E-state index contributed by atoms with van der Waals surface area (Å²) in [4.78, 5) is 25.5. The maximum absolute atomic E-state index is 12.0. The second kappa shape index (κ2) is 2.74. The maximum Gasteiger partial charge on any atom is 0.325 e. The smallest absolute Gasteiger partial charge is 0.307 e. The van der Waals surface area contributed by atoms with E-state index in [4.69, 9.17) is 0 Å². The highest BCUT2D eigenvalue weighted by molar-refractivity contribution is 6.08. The number of imide groups is 1. The molecule has 1 N–H and O–H groups in total. The van der Waals surface area contributed by atoms with Crippen LogP contribution in [0.3, 0.4) is 0 Å². The molecule has 1 spiro atoms. The molecule has 0 bridgehead atoms. The topological polar surface area (TPSA) is 49.4 Å². The van der Waals surface area contributed by atoms with Crippen molar-refractivity contribution in [2.45, 2.75) is 50.6 Å². The van der Waals surface area contributed by atoms with E-state index in [1.807, 2.05) is 4.90 Å². The summed E-state index contributed by atoms with van der Waals surface area (Å²) in [5, 5.41) is 2.49.